The first kappa shape index (κ1) is 17.5. The van der Waals surface area contributed by atoms with Crippen molar-refractivity contribution >= 4 is 17.5 Å². The molecule has 3 aromatic rings. The SMILES string of the molecule is Cc1cc(N2CCC(c3ccccc3)CC2)nc(Nc2ccc(F)cc2)n1. The number of piperidine rings is 1. The Labute approximate surface area is 159 Å². The molecule has 0 atom stereocenters. The minimum atomic E-state index is -0.257. The molecule has 0 spiro atoms. The summed E-state index contributed by atoms with van der Waals surface area (Å²) in [6.45, 7) is 3.93. The summed E-state index contributed by atoms with van der Waals surface area (Å²) in [5.41, 5.74) is 3.11. The van der Waals surface area contributed by atoms with Gasteiger partial charge in [0.2, 0.25) is 5.95 Å². The molecule has 0 bridgehead atoms. The van der Waals surface area contributed by atoms with Crippen LogP contribution < -0.4 is 10.2 Å². The summed E-state index contributed by atoms with van der Waals surface area (Å²) < 4.78 is 13.1. The highest BCUT2D eigenvalue weighted by atomic mass is 19.1. The third-order valence-corrected chi connectivity index (χ3v) is 5.03. The first-order valence-electron chi connectivity index (χ1n) is 9.35. The Kier molecular flexibility index (Phi) is 5.01. The third kappa shape index (κ3) is 4.25. The Bertz CT molecular complexity index is 888. The normalized spacial score (nSPS) is 15.0. The van der Waals surface area contributed by atoms with E-state index >= 15 is 0 Å². The minimum absolute atomic E-state index is 0.257. The van der Waals surface area contributed by atoms with E-state index in [0.29, 0.717) is 11.9 Å². The lowest BCUT2D eigenvalue weighted by molar-refractivity contribution is 0.502. The van der Waals surface area contributed by atoms with Gasteiger partial charge in [0.05, 0.1) is 0 Å². The monoisotopic (exact) mass is 362 g/mol. The van der Waals surface area contributed by atoms with Crippen LogP contribution in [0.25, 0.3) is 0 Å². The molecule has 1 aromatic heterocycles. The lowest BCUT2D eigenvalue weighted by atomic mass is 9.89. The van der Waals surface area contributed by atoms with Gasteiger partial charge in [-0.15, -0.1) is 0 Å². The van der Waals surface area contributed by atoms with Crippen molar-refractivity contribution in [1.29, 1.82) is 0 Å². The van der Waals surface area contributed by atoms with E-state index in [1.54, 1.807) is 12.1 Å². The zero-order valence-corrected chi connectivity index (χ0v) is 15.4. The molecule has 1 saturated heterocycles. The fourth-order valence-corrected chi connectivity index (χ4v) is 3.60. The molecule has 4 nitrogen and oxygen atoms in total. The van der Waals surface area contributed by atoms with E-state index in [1.807, 2.05) is 13.0 Å². The van der Waals surface area contributed by atoms with Crippen LogP contribution in [0.3, 0.4) is 0 Å². The highest BCUT2D eigenvalue weighted by molar-refractivity contribution is 5.55. The van der Waals surface area contributed by atoms with Gasteiger partial charge >= 0.3 is 0 Å². The van der Waals surface area contributed by atoms with Crippen LogP contribution in [0, 0.1) is 12.7 Å². The van der Waals surface area contributed by atoms with Crippen LogP contribution in [0.2, 0.25) is 0 Å². The highest BCUT2D eigenvalue weighted by Crippen LogP contribution is 2.30. The van der Waals surface area contributed by atoms with Crippen LogP contribution in [0.1, 0.15) is 30.0 Å². The molecule has 0 radical (unpaired) electrons. The molecular formula is C22H23FN4. The Morgan fingerprint density at radius 2 is 1.67 bits per heavy atom. The molecule has 5 heteroatoms. The molecule has 0 aliphatic carbocycles. The van der Waals surface area contributed by atoms with Crippen LogP contribution >= 0.6 is 0 Å². The Morgan fingerprint density at radius 3 is 2.37 bits per heavy atom. The standard InChI is InChI=1S/C22H23FN4/c1-16-15-21(26-22(24-16)25-20-9-7-19(23)8-10-20)27-13-11-18(12-14-27)17-5-3-2-4-6-17/h2-10,15,18H,11-14H2,1H3,(H,24,25,26). The van der Waals surface area contributed by atoms with Gasteiger partial charge in [-0.25, -0.2) is 9.37 Å². The van der Waals surface area contributed by atoms with E-state index in [4.69, 9.17) is 0 Å². The molecule has 4 rings (SSSR count). The van der Waals surface area contributed by atoms with Gasteiger partial charge in [0.25, 0.3) is 0 Å². The average molecular weight is 362 g/mol. The van der Waals surface area contributed by atoms with E-state index < -0.39 is 0 Å². The number of aryl methyl sites for hydroxylation is 1. The van der Waals surface area contributed by atoms with Crippen LogP contribution in [-0.2, 0) is 0 Å². The fraction of sp³-hybridized carbons (Fsp3) is 0.273. The maximum atomic E-state index is 13.1. The smallest absolute Gasteiger partial charge is 0.229 e. The summed E-state index contributed by atoms with van der Waals surface area (Å²) >= 11 is 0. The van der Waals surface area contributed by atoms with Crippen molar-refractivity contribution in [3.63, 3.8) is 0 Å². The van der Waals surface area contributed by atoms with E-state index in [2.05, 4.69) is 50.5 Å². The summed E-state index contributed by atoms with van der Waals surface area (Å²) in [6, 6.07) is 19.0. The van der Waals surface area contributed by atoms with Crippen LogP contribution in [0.15, 0.2) is 60.7 Å². The average Bonchev–Trinajstić information content (AvgIpc) is 2.70. The molecule has 0 saturated carbocycles. The predicted molar refractivity (Wildman–Crippen MR) is 107 cm³/mol. The van der Waals surface area contributed by atoms with Gasteiger partial charge in [-0.1, -0.05) is 30.3 Å². The van der Waals surface area contributed by atoms with Gasteiger partial charge in [0.15, 0.2) is 0 Å². The molecule has 1 aliphatic heterocycles. The summed E-state index contributed by atoms with van der Waals surface area (Å²) in [7, 11) is 0. The van der Waals surface area contributed by atoms with Gasteiger partial charge in [-0.2, -0.15) is 4.98 Å². The van der Waals surface area contributed by atoms with Gasteiger partial charge in [-0.3, -0.25) is 0 Å². The van der Waals surface area contributed by atoms with Crippen molar-refractivity contribution in [1.82, 2.24) is 9.97 Å². The van der Waals surface area contributed by atoms with Crippen LogP contribution in [0.4, 0.5) is 21.8 Å². The molecular weight excluding hydrogens is 339 g/mol. The maximum Gasteiger partial charge on any atom is 0.229 e. The number of aromatic nitrogens is 2. The van der Waals surface area contributed by atoms with Crippen LogP contribution in [0.5, 0.6) is 0 Å². The van der Waals surface area contributed by atoms with E-state index in [-0.39, 0.29) is 5.82 Å². The topological polar surface area (TPSA) is 41.1 Å². The number of nitrogens with one attached hydrogen (secondary N) is 1. The van der Waals surface area contributed by atoms with Crippen molar-refractivity contribution in [3.8, 4) is 0 Å². The molecule has 2 aromatic carbocycles. The molecule has 0 unspecified atom stereocenters. The number of hydrogen-bond acceptors (Lipinski definition) is 4. The first-order valence-corrected chi connectivity index (χ1v) is 9.35. The zero-order valence-electron chi connectivity index (χ0n) is 15.4. The molecule has 2 heterocycles. The number of benzene rings is 2. The largest absolute Gasteiger partial charge is 0.356 e. The number of halogens is 1. The lowest BCUT2D eigenvalue weighted by Gasteiger charge is -2.33. The quantitative estimate of drug-likeness (QED) is 0.705. The second-order valence-electron chi connectivity index (χ2n) is 7.00. The summed E-state index contributed by atoms with van der Waals surface area (Å²) in [5.74, 6) is 1.84. The number of hydrogen-bond donors (Lipinski definition) is 1. The molecule has 27 heavy (non-hydrogen) atoms. The number of rotatable bonds is 4. The highest BCUT2D eigenvalue weighted by Gasteiger charge is 2.22. The van der Waals surface area contributed by atoms with Gasteiger partial charge in [-0.05, 0) is 55.5 Å². The molecule has 0 amide bonds. The summed E-state index contributed by atoms with van der Waals surface area (Å²) in [6.07, 6.45) is 2.24. The van der Waals surface area contributed by atoms with Gasteiger partial charge in [0, 0.05) is 30.5 Å². The van der Waals surface area contributed by atoms with E-state index in [1.165, 1.54) is 17.7 Å². The van der Waals surface area contributed by atoms with E-state index in [0.717, 1.165) is 43.1 Å². The Balaban J connectivity index is 1.46. The van der Waals surface area contributed by atoms with Gasteiger partial charge in [0.1, 0.15) is 11.6 Å². The second-order valence-corrected chi connectivity index (χ2v) is 7.00. The van der Waals surface area contributed by atoms with Crippen molar-refractivity contribution < 1.29 is 4.39 Å². The third-order valence-electron chi connectivity index (χ3n) is 5.03. The van der Waals surface area contributed by atoms with Gasteiger partial charge < -0.3 is 10.2 Å². The minimum Gasteiger partial charge on any atom is -0.356 e. The summed E-state index contributed by atoms with van der Waals surface area (Å²) in [4.78, 5) is 11.5. The summed E-state index contributed by atoms with van der Waals surface area (Å²) in [5, 5.41) is 3.17. The molecule has 138 valence electrons. The zero-order chi connectivity index (χ0) is 18.6. The van der Waals surface area contributed by atoms with Crippen molar-refractivity contribution in [3.05, 3.63) is 77.7 Å². The fourth-order valence-electron chi connectivity index (χ4n) is 3.60. The number of anilines is 3. The van der Waals surface area contributed by atoms with Crippen LogP contribution in [-0.4, -0.2) is 23.1 Å². The molecule has 1 aliphatic rings. The Hall–Kier alpha value is -2.95. The van der Waals surface area contributed by atoms with Crippen molar-refractivity contribution in [2.24, 2.45) is 0 Å². The first-order chi connectivity index (χ1) is 13.2. The maximum absolute atomic E-state index is 13.1. The number of nitrogens with zero attached hydrogens (tertiary/aromatic N) is 3. The van der Waals surface area contributed by atoms with E-state index in [9.17, 15) is 4.39 Å². The Morgan fingerprint density at radius 1 is 0.963 bits per heavy atom. The van der Waals surface area contributed by atoms with Crippen molar-refractivity contribution in [2.45, 2.75) is 25.7 Å². The predicted octanol–water partition coefficient (Wildman–Crippen LogP) is 5.05. The van der Waals surface area contributed by atoms with Crippen molar-refractivity contribution in [2.75, 3.05) is 23.3 Å². The lowest BCUT2D eigenvalue weighted by Crippen LogP contribution is -2.33. The molecule has 1 fully saturated rings. The second kappa shape index (κ2) is 7.74. The molecule has 1 N–H and O–H groups in total.